The first-order valence-corrected chi connectivity index (χ1v) is 14.8. The molecular formula is C30H33N3O3S. The Hall–Kier alpha value is -3.00. The zero-order valence-electron chi connectivity index (χ0n) is 20.9. The van der Waals surface area contributed by atoms with Gasteiger partial charge in [0.1, 0.15) is 0 Å². The minimum absolute atomic E-state index is 0.0459. The molecule has 37 heavy (non-hydrogen) atoms. The highest BCUT2D eigenvalue weighted by Crippen LogP contribution is 2.37. The molecule has 2 aliphatic carbocycles. The Kier molecular flexibility index (Phi) is 6.61. The van der Waals surface area contributed by atoms with Crippen LogP contribution in [-0.2, 0) is 21.2 Å². The van der Waals surface area contributed by atoms with Crippen LogP contribution in [0.15, 0.2) is 77.7 Å². The van der Waals surface area contributed by atoms with Crippen molar-refractivity contribution in [2.45, 2.75) is 49.1 Å². The number of nitrogens with one attached hydrogen (secondary N) is 2. The molecule has 0 unspecified atom stereocenters. The van der Waals surface area contributed by atoms with Crippen molar-refractivity contribution >= 4 is 15.9 Å². The van der Waals surface area contributed by atoms with Gasteiger partial charge < -0.3 is 10.2 Å². The van der Waals surface area contributed by atoms with Crippen LogP contribution < -0.4 is 10.0 Å². The Morgan fingerprint density at radius 3 is 2.41 bits per heavy atom. The molecule has 6 nitrogen and oxygen atoms in total. The van der Waals surface area contributed by atoms with E-state index in [1.165, 1.54) is 11.1 Å². The van der Waals surface area contributed by atoms with Crippen LogP contribution >= 0.6 is 0 Å². The molecular weight excluding hydrogens is 482 g/mol. The number of carbonyl (C=O) groups excluding carboxylic acids is 1. The predicted molar refractivity (Wildman–Crippen MR) is 145 cm³/mol. The fraction of sp³-hybridized carbons (Fsp3) is 0.367. The van der Waals surface area contributed by atoms with Gasteiger partial charge in [-0.25, -0.2) is 13.1 Å². The quantitative estimate of drug-likeness (QED) is 0.416. The summed E-state index contributed by atoms with van der Waals surface area (Å²) in [6, 6.07) is 23.8. The average Bonchev–Trinajstić information content (AvgIpc) is 3.31. The normalized spacial score (nSPS) is 23.4. The van der Waals surface area contributed by atoms with Crippen LogP contribution in [0.25, 0.3) is 11.1 Å². The van der Waals surface area contributed by atoms with Gasteiger partial charge >= 0.3 is 0 Å². The van der Waals surface area contributed by atoms with Crippen LogP contribution in [0, 0.1) is 5.92 Å². The van der Waals surface area contributed by atoms with Gasteiger partial charge in [-0.2, -0.15) is 0 Å². The second-order valence-electron chi connectivity index (χ2n) is 10.5. The monoisotopic (exact) mass is 515 g/mol. The lowest BCUT2D eigenvalue weighted by atomic mass is 9.85. The smallest absolute Gasteiger partial charge is 0.240 e. The molecule has 3 aliphatic rings. The fourth-order valence-electron chi connectivity index (χ4n) is 6.21. The predicted octanol–water partition coefficient (Wildman–Crippen LogP) is 4.27. The first-order chi connectivity index (χ1) is 18.0. The zero-order valence-corrected chi connectivity index (χ0v) is 21.7. The minimum Gasteiger partial charge on any atom is -0.333 e. The number of sulfonamides is 1. The Labute approximate surface area is 219 Å². The number of fused-ring (bicyclic) bond motifs is 3. The Morgan fingerprint density at radius 1 is 0.865 bits per heavy atom. The van der Waals surface area contributed by atoms with E-state index in [1.807, 2.05) is 47.4 Å². The fourth-order valence-corrected chi connectivity index (χ4v) is 7.57. The van der Waals surface area contributed by atoms with E-state index in [0.29, 0.717) is 37.1 Å². The summed E-state index contributed by atoms with van der Waals surface area (Å²) >= 11 is 0. The largest absolute Gasteiger partial charge is 0.333 e. The molecule has 7 heteroatoms. The summed E-state index contributed by atoms with van der Waals surface area (Å²) in [7, 11) is -3.63. The van der Waals surface area contributed by atoms with Crippen molar-refractivity contribution < 1.29 is 13.2 Å². The van der Waals surface area contributed by atoms with Gasteiger partial charge in [-0.05, 0) is 72.1 Å². The highest BCUT2D eigenvalue weighted by Gasteiger charge is 2.35. The molecule has 192 valence electrons. The van der Waals surface area contributed by atoms with Gasteiger partial charge in [-0.3, -0.25) is 4.79 Å². The van der Waals surface area contributed by atoms with Crippen molar-refractivity contribution in [3.05, 3.63) is 89.5 Å². The third-order valence-electron chi connectivity index (χ3n) is 8.18. The van der Waals surface area contributed by atoms with Crippen molar-refractivity contribution in [1.82, 2.24) is 14.9 Å². The lowest BCUT2D eigenvalue weighted by molar-refractivity contribution is -0.140. The SMILES string of the molecule is O=C(C1CCC(NS(=O)(=O)c2ccc3c(c2)Cc2ccccc2-3)CC1)N1CCNC[C@@H]1c1ccccc1. The highest BCUT2D eigenvalue weighted by atomic mass is 32.2. The summed E-state index contributed by atoms with van der Waals surface area (Å²) < 4.78 is 29.4. The number of hydrogen-bond donors (Lipinski definition) is 2. The number of carbonyl (C=O) groups is 1. The molecule has 1 saturated carbocycles. The van der Waals surface area contributed by atoms with E-state index in [1.54, 1.807) is 6.07 Å². The van der Waals surface area contributed by atoms with Crippen LogP contribution in [0.3, 0.4) is 0 Å². The number of amides is 1. The number of piperazine rings is 1. The third-order valence-corrected chi connectivity index (χ3v) is 9.70. The van der Waals surface area contributed by atoms with Gasteiger partial charge in [0, 0.05) is 31.6 Å². The first kappa shape index (κ1) is 24.3. The minimum atomic E-state index is -3.63. The van der Waals surface area contributed by atoms with Gasteiger partial charge in [-0.1, -0.05) is 60.7 Å². The molecule has 0 aromatic heterocycles. The first-order valence-electron chi connectivity index (χ1n) is 13.3. The van der Waals surface area contributed by atoms with Crippen LogP contribution in [0.4, 0.5) is 0 Å². The van der Waals surface area contributed by atoms with Crippen molar-refractivity contribution in [2.75, 3.05) is 19.6 Å². The van der Waals surface area contributed by atoms with E-state index in [9.17, 15) is 13.2 Å². The van der Waals surface area contributed by atoms with Crippen molar-refractivity contribution in [2.24, 2.45) is 5.92 Å². The van der Waals surface area contributed by atoms with Crippen molar-refractivity contribution in [3.8, 4) is 11.1 Å². The Morgan fingerprint density at radius 2 is 1.59 bits per heavy atom. The number of rotatable bonds is 5. The summed E-state index contributed by atoms with van der Waals surface area (Å²) in [4.78, 5) is 15.9. The van der Waals surface area contributed by atoms with E-state index in [4.69, 9.17) is 0 Å². The van der Waals surface area contributed by atoms with Crippen LogP contribution in [0.1, 0.15) is 48.4 Å². The maximum atomic E-state index is 13.5. The number of benzene rings is 3. The van der Waals surface area contributed by atoms with E-state index >= 15 is 0 Å². The summed E-state index contributed by atoms with van der Waals surface area (Å²) in [5.41, 5.74) is 5.76. The molecule has 1 aliphatic heterocycles. The molecule has 1 saturated heterocycles. The molecule has 2 fully saturated rings. The van der Waals surface area contributed by atoms with Crippen LogP contribution in [0.2, 0.25) is 0 Å². The van der Waals surface area contributed by atoms with Crippen molar-refractivity contribution in [1.29, 1.82) is 0 Å². The molecule has 1 amide bonds. The summed E-state index contributed by atoms with van der Waals surface area (Å²) in [5.74, 6) is 0.151. The maximum Gasteiger partial charge on any atom is 0.240 e. The van der Waals surface area contributed by atoms with Gasteiger partial charge in [0.25, 0.3) is 0 Å². The topological polar surface area (TPSA) is 78.5 Å². The molecule has 2 N–H and O–H groups in total. The summed E-state index contributed by atoms with van der Waals surface area (Å²) in [6.07, 6.45) is 3.52. The van der Waals surface area contributed by atoms with E-state index in [2.05, 4.69) is 34.3 Å². The van der Waals surface area contributed by atoms with Gasteiger partial charge in [0.15, 0.2) is 0 Å². The maximum absolute atomic E-state index is 13.5. The lowest BCUT2D eigenvalue weighted by Crippen LogP contribution is -2.51. The molecule has 0 spiro atoms. The molecule has 1 atom stereocenters. The van der Waals surface area contributed by atoms with E-state index < -0.39 is 10.0 Å². The lowest BCUT2D eigenvalue weighted by Gasteiger charge is -2.40. The van der Waals surface area contributed by atoms with Crippen LogP contribution in [-0.4, -0.2) is 44.9 Å². The average molecular weight is 516 g/mol. The van der Waals surface area contributed by atoms with Gasteiger partial charge in [-0.15, -0.1) is 0 Å². The standard InChI is InChI=1S/C30H33N3O3S/c34-30(33-17-16-31-20-29(33)21-6-2-1-3-7-21)22-10-12-25(13-11-22)32-37(35,36)26-14-15-28-24(19-26)18-23-8-4-5-9-27(23)28/h1-9,14-15,19,22,25,29,31-32H,10-13,16-18,20H2/t22?,25?,29-/m1/s1. The number of hydrogen-bond acceptors (Lipinski definition) is 4. The second kappa shape index (κ2) is 10.0. The summed E-state index contributed by atoms with van der Waals surface area (Å²) in [6.45, 7) is 2.26. The third kappa shape index (κ3) is 4.83. The Bertz CT molecular complexity index is 1400. The molecule has 0 radical (unpaired) electrons. The van der Waals surface area contributed by atoms with Gasteiger partial charge in [0.05, 0.1) is 10.9 Å². The molecule has 6 rings (SSSR count). The highest BCUT2D eigenvalue weighted by molar-refractivity contribution is 7.89. The molecule has 0 bridgehead atoms. The summed E-state index contributed by atoms with van der Waals surface area (Å²) in [5, 5.41) is 3.42. The zero-order chi connectivity index (χ0) is 25.4. The van der Waals surface area contributed by atoms with Crippen molar-refractivity contribution in [3.63, 3.8) is 0 Å². The number of nitrogens with zero attached hydrogens (tertiary/aromatic N) is 1. The molecule has 3 aromatic rings. The Balaban J connectivity index is 1.09. The van der Waals surface area contributed by atoms with Crippen LogP contribution in [0.5, 0.6) is 0 Å². The van der Waals surface area contributed by atoms with Gasteiger partial charge in [0.2, 0.25) is 15.9 Å². The second-order valence-corrected chi connectivity index (χ2v) is 12.2. The van der Waals surface area contributed by atoms with E-state index in [-0.39, 0.29) is 23.9 Å². The molecule has 3 aromatic carbocycles. The van der Waals surface area contributed by atoms with E-state index in [0.717, 1.165) is 36.2 Å². The molecule has 1 heterocycles.